The Kier molecular flexibility index (Phi) is 4.93. The van der Waals surface area contributed by atoms with E-state index in [1.165, 1.54) is 14.2 Å². The van der Waals surface area contributed by atoms with E-state index < -0.39 is 13.8 Å². The Morgan fingerprint density at radius 1 is 1.27 bits per heavy atom. The lowest BCUT2D eigenvalue weighted by Crippen LogP contribution is -2.34. The number of rotatable bonds is 4. The van der Waals surface area contributed by atoms with E-state index in [-0.39, 0.29) is 5.78 Å². The maximum absolute atomic E-state index is 11.8. The second-order valence-electron chi connectivity index (χ2n) is 3.61. The molecule has 6 heteroatoms. The highest BCUT2D eigenvalue weighted by Crippen LogP contribution is 2.42. The van der Waals surface area contributed by atoms with Crippen molar-refractivity contribution in [3.8, 4) is 0 Å². The molecule has 1 unspecified atom stereocenters. The van der Waals surface area contributed by atoms with E-state index in [4.69, 9.17) is 9.05 Å². The van der Waals surface area contributed by atoms with Crippen LogP contribution in [-0.2, 0) is 18.4 Å². The first-order chi connectivity index (χ1) is 7.11. The van der Waals surface area contributed by atoms with Gasteiger partial charge in [-0.2, -0.15) is 0 Å². The Hall–Kier alpha value is -0.220. The SMILES string of the molecule is COP(=O)(NC1CCCCCC1=O)OC. The number of ketones is 1. The average molecular weight is 235 g/mol. The maximum atomic E-state index is 11.8. The summed E-state index contributed by atoms with van der Waals surface area (Å²) < 4.78 is 21.3. The van der Waals surface area contributed by atoms with Gasteiger partial charge in [-0.3, -0.25) is 4.79 Å². The van der Waals surface area contributed by atoms with Gasteiger partial charge in [0, 0.05) is 20.6 Å². The summed E-state index contributed by atoms with van der Waals surface area (Å²) in [5.74, 6) is 0.0989. The fourth-order valence-corrected chi connectivity index (χ4v) is 2.68. The lowest BCUT2D eigenvalue weighted by atomic mass is 10.1. The standard InChI is InChI=1S/C9H18NO4P/c1-13-15(12,14-2)10-8-6-4-3-5-7-9(8)11/h8H,3-7H2,1-2H3,(H,10,12). The summed E-state index contributed by atoms with van der Waals surface area (Å²) in [5, 5.41) is 2.68. The molecule has 1 N–H and O–H groups in total. The van der Waals surface area contributed by atoms with Crippen molar-refractivity contribution in [3.05, 3.63) is 0 Å². The summed E-state index contributed by atoms with van der Waals surface area (Å²) in [7, 11) is -0.669. The van der Waals surface area contributed by atoms with Crippen LogP contribution in [0.15, 0.2) is 0 Å². The average Bonchev–Trinajstić information content (AvgIpc) is 2.44. The third-order valence-corrected chi connectivity index (χ3v) is 4.19. The van der Waals surface area contributed by atoms with Crippen LogP contribution in [0.2, 0.25) is 0 Å². The van der Waals surface area contributed by atoms with Crippen LogP contribution in [0.1, 0.15) is 32.1 Å². The summed E-state index contributed by atoms with van der Waals surface area (Å²) in [6.45, 7) is 0. The summed E-state index contributed by atoms with van der Waals surface area (Å²) in [4.78, 5) is 11.6. The van der Waals surface area contributed by atoms with Crippen LogP contribution in [-0.4, -0.2) is 26.0 Å². The summed E-state index contributed by atoms with van der Waals surface area (Å²) >= 11 is 0. The zero-order chi connectivity index (χ0) is 11.3. The van der Waals surface area contributed by atoms with E-state index >= 15 is 0 Å². The third-order valence-electron chi connectivity index (χ3n) is 2.60. The number of hydrogen-bond donors (Lipinski definition) is 1. The molecule has 1 rings (SSSR count). The van der Waals surface area contributed by atoms with Gasteiger partial charge in [0.2, 0.25) is 0 Å². The van der Waals surface area contributed by atoms with Gasteiger partial charge in [-0.1, -0.05) is 12.8 Å². The highest BCUT2D eigenvalue weighted by Gasteiger charge is 2.30. The van der Waals surface area contributed by atoms with Crippen molar-refractivity contribution in [1.29, 1.82) is 0 Å². The van der Waals surface area contributed by atoms with Crippen LogP contribution >= 0.6 is 7.75 Å². The predicted octanol–water partition coefficient (Wildman–Crippen LogP) is 1.88. The Morgan fingerprint density at radius 3 is 2.53 bits per heavy atom. The molecule has 0 spiro atoms. The second-order valence-corrected chi connectivity index (χ2v) is 5.59. The molecule has 0 aromatic rings. The molecular formula is C9H18NO4P. The van der Waals surface area contributed by atoms with Crippen molar-refractivity contribution in [2.45, 2.75) is 38.1 Å². The largest absolute Gasteiger partial charge is 0.405 e. The van der Waals surface area contributed by atoms with Crippen molar-refractivity contribution in [1.82, 2.24) is 5.09 Å². The lowest BCUT2D eigenvalue weighted by molar-refractivity contribution is -0.120. The minimum Gasteiger partial charge on any atom is -0.300 e. The zero-order valence-electron chi connectivity index (χ0n) is 9.19. The molecule has 0 bridgehead atoms. The number of carbonyl (C=O) groups excluding carboxylic acids is 1. The summed E-state index contributed by atoms with van der Waals surface area (Å²) in [6, 6.07) is -0.391. The minimum atomic E-state index is -3.28. The molecule has 1 atom stereocenters. The van der Waals surface area contributed by atoms with Crippen LogP contribution in [0, 0.1) is 0 Å². The van der Waals surface area contributed by atoms with Crippen molar-refractivity contribution < 1.29 is 18.4 Å². The van der Waals surface area contributed by atoms with E-state index in [0.29, 0.717) is 12.8 Å². The first-order valence-corrected chi connectivity index (χ1v) is 6.67. The number of Topliss-reactive ketones (excluding diaryl/α,β-unsaturated/α-hetero) is 1. The van der Waals surface area contributed by atoms with E-state index in [1.54, 1.807) is 0 Å². The van der Waals surface area contributed by atoms with Gasteiger partial charge >= 0.3 is 7.75 Å². The van der Waals surface area contributed by atoms with Gasteiger partial charge in [-0.05, 0) is 12.8 Å². The van der Waals surface area contributed by atoms with E-state index in [9.17, 15) is 9.36 Å². The molecule has 0 radical (unpaired) electrons. The van der Waals surface area contributed by atoms with Gasteiger partial charge in [-0.15, -0.1) is 0 Å². The molecule has 0 aromatic carbocycles. The fourth-order valence-electron chi connectivity index (χ4n) is 1.67. The summed E-state index contributed by atoms with van der Waals surface area (Å²) in [6.07, 6.45) is 4.19. The number of hydrogen-bond acceptors (Lipinski definition) is 4. The molecule has 1 fully saturated rings. The van der Waals surface area contributed by atoms with Gasteiger partial charge in [0.05, 0.1) is 6.04 Å². The fraction of sp³-hybridized carbons (Fsp3) is 0.889. The van der Waals surface area contributed by atoms with Crippen LogP contribution in [0.3, 0.4) is 0 Å². The van der Waals surface area contributed by atoms with Gasteiger partial charge in [-0.25, -0.2) is 9.65 Å². The molecule has 1 saturated carbocycles. The van der Waals surface area contributed by atoms with Gasteiger partial charge < -0.3 is 9.05 Å². The normalized spacial score (nSPS) is 23.9. The molecule has 0 saturated heterocycles. The van der Waals surface area contributed by atoms with Crippen LogP contribution < -0.4 is 5.09 Å². The van der Waals surface area contributed by atoms with Crippen molar-refractivity contribution in [3.63, 3.8) is 0 Å². The molecule has 0 heterocycles. The lowest BCUT2D eigenvalue weighted by Gasteiger charge is -2.20. The van der Waals surface area contributed by atoms with Crippen molar-refractivity contribution in [2.24, 2.45) is 0 Å². The van der Waals surface area contributed by atoms with E-state index in [0.717, 1.165) is 19.3 Å². The van der Waals surface area contributed by atoms with E-state index in [1.807, 2.05) is 0 Å². The first kappa shape index (κ1) is 12.8. The quantitative estimate of drug-likeness (QED) is 0.595. The third kappa shape index (κ3) is 3.68. The number of nitrogens with one attached hydrogen (secondary N) is 1. The Balaban J connectivity index is 2.61. The Labute approximate surface area is 90.1 Å². The van der Waals surface area contributed by atoms with Crippen LogP contribution in [0.25, 0.3) is 0 Å². The molecule has 88 valence electrons. The molecule has 15 heavy (non-hydrogen) atoms. The van der Waals surface area contributed by atoms with Gasteiger partial charge in [0.15, 0.2) is 0 Å². The summed E-state index contributed by atoms with van der Waals surface area (Å²) in [5.41, 5.74) is 0. The monoisotopic (exact) mass is 235 g/mol. The van der Waals surface area contributed by atoms with Crippen molar-refractivity contribution in [2.75, 3.05) is 14.2 Å². The predicted molar refractivity (Wildman–Crippen MR) is 56.6 cm³/mol. The molecule has 0 aromatic heterocycles. The Morgan fingerprint density at radius 2 is 1.93 bits per heavy atom. The maximum Gasteiger partial charge on any atom is 0.405 e. The van der Waals surface area contributed by atoms with Crippen molar-refractivity contribution >= 4 is 13.5 Å². The van der Waals surface area contributed by atoms with Crippen LogP contribution in [0.4, 0.5) is 0 Å². The zero-order valence-corrected chi connectivity index (χ0v) is 10.1. The van der Waals surface area contributed by atoms with E-state index in [2.05, 4.69) is 5.09 Å². The Bertz CT molecular complexity index is 261. The minimum absolute atomic E-state index is 0.0989. The molecule has 0 aliphatic heterocycles. The molecule has 5 nitrogen and oxygen atoms in total. The highest BCUT2D eigenvalue weighted by atomic mass is 31.2. The first-order valence-electron chi connectivity index (χ1n) is 5.13. The molecular weight excluding hydrogens is 217 g/mol. The highest BCUT2D eigenvalue weighted by molar-refractivity contribution is 7.51. The second kappa shape index (κ2) is 5.75. The smallest absolute Gasteiger partial charge is 0.300 e. The molecule has 1 aliphatic rings. The van der Waals surface area contributed by atoms with Gasteiger partial charge in [0.25, 0.3) is 0 Å². The molecule has 1 aliphatic carbocycles. The number of carbonyl (C=O) groups is 1. The van der Waals surface area contributed by atoms with Crippen LogP contribution in [0.5, 0.6) is 0 Å². The molecule has 0 amide bonds. The van der Waals surface area contributed by atoms with Gasteiger partial charge in [0.1, 0.15) is 5.78 Å². The topological polar surface area (TPSA) is 64.6 Å².